The Morgan fingerprint density at radius 3 is 2.41 bits per heavy atom. The van der Waals surface area contributed by atoms with Crippen LogP contribution in [0.25, 0.3) is 0 Å². The summed E-state index contributed by atoms with van der Waals surface area (Å²) in [6.07, 6.45) is 2.78. The fraction of sp³-hybridized carbons (Fsp3) is 0.611. The molecule has 2 atom stereocenters. The van der Waals surface area contributed by atoms with Crippen molar-refractivity contribution in [3.63, 3.8) is 0 Å². The molecule has 1 amide bonds. The van der Waals surface area contributed by atoms with Gasteiger partial charge in [0.1, 0.15) is 0 Å². The van der Waals surface area contributed by atoms with Gasteiger partial charge in [-0.05, 0) is 24.3 Å². The topological polar surface area (TPSA) is 49.6 Å². The lowest BCUT2D eigenvalue weighted by molar-refractivity contribution is -0.137. The van der Waals surface area contributed by atoms with Crippen LogP contribution in [0, 0.1) is 11.8 Å². The third kappa shape index (κ3) is 3.68. The summed E-state index contributed by atoms with van der Waals surface area (Å²) in [5, 5.41) is 0. The average Bonchev–Trinajstić information content (AvgIpc) is 3.38. The van der Waals surface area contributed by atoms with E-state index in [0.29, 0.717) is 0 Å². The largest absolute Gasteiger partial charge is 0.340 e. The lowest BCUT2D eigenvalue weighted by Crippen LogP contribution is -2.51. The van der Waals surface area contributed by atoms with Crippen molar-refractivity contribution < 1.29 is 4.79 Å². The van der Waals surface area contributed by atoms with Crippen LogP contribution < -0.4 is 5.73 Å². The van der Waals surface area contributed by atoms with Crippen molar-refractivity contribution in [3.05, 3.63) is 35.9 Å². The minimum Gasteiger partial charge on any atom is -0.340 e. The first kappa shape index (κ1) is 15.5. The summed E-state index contributed by atoms with van der Waals surface area (Å²) in [5.74, 6) is 0.951. The van der Waals surface area contributed by atoms with Gasteiger partial charge in [-0.1, -0.05) is 37.3 Å². The van der Waals surface area contributed by atoms with Crippen molar-refractivity contribution in [1.29, 1.82) is 0 Å². The number of amides is 1. The molecule has 1 aliphatic carbocycles. The molecule has 2 unspecified atom stereocenters. The van der Waals surface area contributed by atoms with Gasteiger partial charge in [0.05, 0.1) is 5.92 Å². The Bertz CT molecular complexity index is 492. The molecule has 1 aromatic rings. The molecule has 1 aromatic carbocycles. The van der Waals surface area contributed by atoms with Crippen LogP contribution in [-0.4, -0.2) is 48.4 Å². The van der Waals surface area contributed by atoms with E-state index < -0.39 is 0 Å². The van der Waals surface area contributed by atoms with Crippen LogP contribution in [0.5, 0.6) is 0 Å². The number of carbonyl (C=O) groups excluding carboxylic acids is 1. The van der Waals surface area contributed by atoms with Crippen LogP contribution in [0.15, 0.2) is 30.3 Å². The van der Waals surface area contributed by atoms with Gasteiger partial charge < -0.3 is 10.6 Å². The maximum absolute atomic E-state index is 12.7. The maximum atomic E-state index is 12.7. The van der Waals surface area contributed by atoms with Gasteiger partial charge in [-0.15, -0.1) is 0 Å². The van der Waals surface area contributed by atoms with Crippen LogP contribution in [0.3, 0.4) is 0 Å². The molecule has 4 heteroatoms. The van der Waals surface area contributed by atoms with Gasteiger partial charge in [-0.25, -0.2) is 0 Å². The number of rotatable bonds is 5. The average molecular weight is 301 g/mol. The Balaban J connectivity index is 1.52. The van der Waals surface area contributed by atoms with Crippen LogP contribution in [0.2, 0.25) is 0 Å². The lowest BCUT2D eigenvalue weighted by atomic mass is 9.94. The summed E-state index contributed by atoms with van der Waals surface area (Å²) in [6, 6.07) is 9.70. The van der Waals surface area contributed by atoms with Crippen LogP contribution in [0.1, 0.15) is 31.4 Å². The zero-order valence-electron chi connectivity index (χ0n) is 13.4. The van der Waals surface area contributed by atoms with Crippen molar-refractivity contribution in [2.45, 2.75) is 25.8 Å². The normalized spacial score (nSPS) is 22.4. The molecule has 2 aliphatic rings. The van der Waals surface area contributed by atoms with E-state index in [0.717, 1.165) is 37.7 Å². The van der Waals surface area contributed by atoms with Crippen molar-refractivity contribution in [1.82, 2.24) is 9.80 Å². The van der Waals surface area contributed by atoms with Gasteiger partial charge in [0.15, 0.2) is 0 Å². The highest BCUT2D eigenvalue weighted by Gasteiger charge is 2.31. The summed E-state index contributed by atoms with van der Waals surface area (Å²) in [5.41, 5.74) is 7.33. The Morgan fingerprint density at radius 2 is 1.82 bits per heavy atom. The number of benzene rings is 1. The van der Waals surface area contributed by atoms with Gasteiger partial charge in [0.2, 0.25) is 5.91 Å². The predicted molar refractivity (Wildman–Crippen MR) is 88.3 cm³/mol. The lowest BCUT2D eigenvalue weighted by Gasteiger charge is -2.37. The van der Waals surface area contributed by atoms with E-state index in [1.54, 1.807) is 0 Å². The summed E-state index contributed by atoms with van der Waals surface area (Å²) >= 11 is 0. The van der Waals surface area contributed by atoms with E-state index >= 15 is 0 Å². The van der Waals surface area contributed by atoms with Gasteiger partial charge in [0, 0.05) is 38.8 Å². The molecule has 0 bridgehead atoms. The summed E-state index contributed by atoms with van der Waals surface area (Å²) in [7, 11) is 0. The van der Waals surface area contributed by atoms with Crippen LogP contribution in [-0.2, 0) is 4.79 Å². The fourth-order valence-electron chi connectivity index (χ4n) is 3.22. The minimum atomic E-state index is -0.224. The number of nitrogens with two attached hydrogens (primary N) is 1. The molecule has 1 aliphatic heterocycles. The molecular weight excluding hydrogens is 274 g/mol. The third-order valence-corrected chi connectivity index (χ3v) is 5.01. The van der Waals surface area contributed by atoms with E-state index in [1.807, 2.05) is 42.2 Å². The molecular formula is C18H27N3O. The van der Waals surface area contributed by atoms with Crippen LogP contribution >= 0.6 is 0 Å². The Kier molecular flexibility index (Phi) is 4.79. The highest BCUT2D eigenvalue weighted by atomic mass is 16.2. The zero-order chi connectivity index (χ0) is 15.5. The van der Waals surface area contributed by atoms with Crippen molar-refractivity contribution in [3.8, 4) is 0 Å². The monoisotopic (exact) mass is 301 g/mol. The second-order valence-electron chi connectivity index (χ2n) is 6.79. The Hall–Kier alpha value is -1.39. The summed E-state index contributed by atoms with van der Waals surface area (Å²) in [4.78, 5) is 17.2. The quantitative estimate of drug-likeness (QED) is 0.903. The van der Waals surface area contributed by atoms with E-state index in [4.69, 9.17) is 5.73 Å². The standard InChI is InChI=1S/C18H27N3O/c1-14(17(19)16-5-3-2-4-6-16)18(22)21-11-9-20(10-12-21)13-15-7-8-15/h2-6,14-15,17H,7-13,19H2,1H3. The highest BCUT2D eigenvalue weighted by molar-refractivity contribution is 5.79. The SMILES string of the molecule is CC(C(=O)N1CCN(CC2CC2)CC1)C(N)c1ccccc1. The molecule has 1 saturated carbocycles. The zero-order valence-corrected chi connectivity index (χ0v) is 13.4. The third-order valence-electron chi connectivity index (χ3n) is 5.01. The van der Waals surface area contributed by atoms with Crippen molar-refractivity contribution >= 4 is 5.91 Å². The second kappa shape index (κ2) is 6.80. The first-order valence-electron chi connectivity index (χ1n) is 8.47. The number of hydrogen-bond donors (Lipinski definition) is 1. The molecule has 1 heterocycles. The molecule has 3 rings (SSSR count). The predicted octanol–water partition coefficient (Wildman–Crippen LogP) is 1.88. The van der Waals surface area contributed by atoms with Crippen molar-refractivity contribution in [2.24, 2.45) is 17.6 Å². The Morgan fingerprint density at radius 1 is 1.18 bits per heavy atom. The maximum Gasteiger partial charge on any atom is 0.227 e. The molecule has 1 saturated heterocycles. The van der Waals surface area contributed by atoms with Crippen molar-refractivity contribution in [2.75, 3.05) is 32.7 Å². The van der Waals surface area contributed by atoms with Gasteiger partial charge in [-0.2, -0.15) is 0 Å². The molecule has 22 heavy (non-hydrogen) atoms. The minimum absolute atomic E-state index is 0.169. The molecule has 120 valence electrons. The molecule has 4 nitrogen and oxygen atoms in total. The van der Waals surface area contributed by atoms with Gasteiger partial charge in [-0.3, -0.25) is 9.69 Å². The van der Waals surface area contributed by atoms with E-state index in [9.17, 15) is 4.79 Å². The number of piperazine rings is 1. The number of hydrogen-bond acceptors (Lipinski definition) is 3. The summed E-state index contributed by atoms with van der Waals surface area (Å²) in [6.45, 7) is 6.89. The van der Waals surface area contributed by atoms with E-state index in [-0.39, 0.29) is 17.9 Å². The molecule has 0 radical (unpaired) electrons. The van der Waals surface area contributed by atoms with Crippen LogP contribution in [0.4, 0.5) is 0 Å². The number of nitrogens with zero attached hydrogens (tertiary/aromatic N) is 2. The first-order chi connectivity index (χ1) is 10.6. The van der Waals surface area contributed by atoms with Gasteiger partial charge >= 0.3 is 0 Å². The Labute approximate surface area is 133 Å². The number of carbonyl (C=O) groups is 1. The van der Waals surface area contributed by atoms with E-state index in [1.165, 1.54) is 19.4 Å². The molecule has 0 aromatic heterocycles. The second-order valence-corrected chi connectivity index (χ2v) is 6.79. The van der Waals surface area contributed by atoms with Gasteiger partial charge in [0.25, 0.3) is 0 Å². The highest BCUT2D eigenvalue weighted by Crippen LogP contribution is 2.30. The molecule has 2 N–H and O–H groups in total. The fourth-order valence-corrected chi connectivity index (χ4v) is 3.22. The molecule has 2 fully saturated rings. The smallest absolute Gasteiger partial charge is 0.227 e. The van der Waals surface area contributed by atoms with E-state index in [2.05, 4.69) is 4.90 Å². The summed E-state index contributed by atoms with van der Waals surface area (Å²) < 4.78 is 0. The molecule has 0 spiro atoms. The first-order valence-corrected chi connectivity index (χ1v) is 8.47.